The van der Waals surface area contributed by atoms with Crippen LogP contribution in [-0.4, -0.2) is 29.2 Å². The van der Waals surface area contributed by atoms with Gasteiger partial charge in [0.25, 0.3) is 5.91 Å². The van der Waals surface area contributed by atoms with E-state index >= 15 is 0 Å². The standard InChI is InChI=1S/C22H25FN4O/c1-5-10-27-20-12-18(23)16(11-17(20)15(2)13-22(27,3)4)14-25-26-21(28)19-8-6-7-9-24-19/h6-9,11-14H,5,10H2,1-4H3,(H,26,28)/b25-14-. The largest absolute Gasteiger partial charge is 0.362 e. The van der Waals surface area contributed by atoms with Gasteiger partial charge in [-0.2, -0.15) is 5.10 Å². The van der Waals surface area contributed by atoms with Crippen LogP contribution >= 0.6 is 0 Å². The molecule has 1 amide bonds. The lowest BCUT2D eigenvalue weighted by molar-refractivity contribution is 0.0950. The minimum atomic E-state index is -0.442. The number of rotatable bonds is 5. The van der Waals surface area contributed by atoms with Crippen LogP contribution in [0.25, 0.3) is 5.57 Å². The molecule has 1 aliphatic rings. The maximum absolute atomic E-state index is 14.8. The molecule has 0 fully saturated rings. The van der Waals surface area contributed by atoms with Crippen LogP contribution in [-0.2, 0) is 0 Å². The Morgan fingerprint density at radius 3 is 2.82 bits per heavy atom. The highest BCUT2D eigenvalue weighted by Gasteiger charge is 2.31. The van der Waals surface area contributed by atoms with Gasteiger partial charge in [-0.3, -0.25) is 9.78 Å². The molecule has 0 spiro atoms. The SMILES string of the molecule is CCCN1c2cc(F)c(/C=N\NC(=O)c3ccccn3)cc2C(C)=CC1(C)C. The summed E-state index contributed by atoms with van der Waals surface area (Å²) in [4.78, 5) is 18.2. The summed E-state index contributed by atoms with van der Waals surface area (Å²) in [5.41, 5.74) is 5.75. The number of benzene rings is 1. The van der Waals surface area contributed by atoms with Gasteiger partial charge in [0.05, 0.1) is 11.8 Å². The van der Waals surface area contributed by atoms with Crippen LogP contribution < -0.4 is 10.3 Å². The number of hydrogen-bond acceptors (Lipinski definition) is 4. The van der Waals surface area contributed by atoms with Crippen molar-refractivity contribution in [1.82, 2.24) is 10.4 Å². The number of amides is 1. The quantitative estimate of drug-likeness (QED) is 0.618. The molecule has 0 saturated heterocycles. The van der Waals surface area contributed by atoms with Gasteiger partial charge in [0.15, 0.2) is 0 Å². The van der Waals surface area contributed by atoms with Gasteiger partial charge in [0.2, 0.25) is 0 Å². The number of hydrazone groups is 1. The third kappa shape index (κ3) is 3.96. The van der Waals surface area contributed by atoms with E-state index in [1.54, 1.807) is 30.3 Å². The fourth-order valence-electron chi connectivity index (χ4n) is 3.56. The minimum Gasteiger partial charge on any atom is -0.362 e. The van der Waals surface area contributed by atoms with Crippen molar-refractivity contribution in [2.24, 2.45) is 5.10 Å². The summed E-state index contributed by atoms with van der Waals surface area (Å²) in [5.74, 6) is -0.816. The second-order valence-corrected chi connectivity index (χ2v) is 7.44. The molecule has 0 bridgehead atoms. The van der Waals surface area contributed by atoms with Gasteiger partial charge < -0.3 is 4.90 Å². The summed E-state index contributed by atoms with van der Waals surface area (Å²) < 4.78 is 14.8. The molecular formula is C22H25FN4O. The third-order valence-corrected chi connectivity index (χ3v) is 4.81. The fourth-order valence-corrected chi connectivity index (χ4v) is 3.56. The van der Waals surface area contributed by atoms with Crippen LogP contribution in [0.4, 0.5) is 10.1 Å². The molecule has 1 aromatic carbocycles. The highest BCUT2D eigenvalue weighted by atomic mass is 19.1. The maximum atomic E-state index is 14.8. The van der Waals surface area contributed by atoms with Gasteiger partial charge in [0.1, 0.15) is 11.5 Å². The van der Waals surface area contributed by atoms with E-state index in [4.69, 9.17) is 0 Å². The molecule has 146 valence electrons. The van der Waals surface area contributed by atoms with Crippen molar-refractivity contribution < 1.29 is 9.18 Å². The monoisotopic (exact) mass is 380 g/mol. The molecule has 2 heterocycles. The molecule has 0 saturated carbocycles. The number of carbonyl (C=O) groups excluding carboxylic acids is 1. The van der Waals surface area contributed by atoms with Crippen molar-refractivity contribution in [3.05, 3.63) is 65.2 Å². The molecular weight excluding hydrogens is 355 g/mol. The van der Waals surface area contributed by atoms with E-state index in [-0.39, 0.29) is 17.1 Å². The Labute approximate surface area is 165 Å². The lowest BCUT2D eigenvalue weighted by Crippen LogP contribution is -2.45. The van der Waals surface area contributed by atoms with Crippen molar-refractivity contribution in [3.63, 3.8) is 0 Å². The molecule has 5 nitrogen and oxygen atoms in total. The fraction of sp³-hybridized carbons (Fsp3) is 0.318. The second kappa shape index (κ2) is 7.92. The van der Waals surface area contributed by atoms with E-state index in [0.717, 1.165) is 29.8 Å². The highest BCUT2D eigenvalue weighted by molar-refractivity contribution is 5.93. The van der Waals surface area contributed by atoms with E-state index < -0.39 is 5.91 Å². The number of pyridine rings is 1. The first-order valence-electron chi connectivity index (χ1n) is 9.39. The van der Waals surface area contributed by atoms with Crippen molar-refractivity contribution in [2.45, 2.75) is 39.7 Å². The molecule has 28 heavy (non-hydrogen) atoms. The Kier molecular flexibility index (Phi) is 5.58. The first kappa shape index (κ1) is 19.7. The van der Waals surface area contributed by atoms with Crippen LogP contribution in [0.5, 0.6) is 0 Å². The summed E-state index contributed by atoms with van der Waals surface area (Å²) in [6.45, 7) is 9.26. The molecule has 6 heteroatoms. The van der Waals surface area contributed by atoms with E-state index in [2.05, 4.69) is 47.3 Å². The molecule has 1 aliphatic heterocycles. The summed E-state index contributed by atoms with van der Waals surface area (Å²) in [7, 11) is 0. The Hall–Kier alpha value is -3.02. The molecule has 0 radical (unpaired) electrons. The molecule has 3 rings (SSSR count). The number of nitrogens with one attached hydrogen (secondary N) is 1. The summed E-state index contributed by atoms with van der Waals surface area (Å²) in [6.07, 6.45) is 6.03. The normalized spacial score (nSPS) is 15.3. The lowest BCUT2D eigenvalue weighted by atomic mass is 9.88. The van der Waals surface area contributed by atoms with Gasteiger partial charge in [0, 0.05) is 29.6 Å². The molecule has 1 N–H and O–H groups in total. The Balaban J connectivity index is 1.87. The van der Waals surface area contributed by atoms with E-state index in [9.17, 15) is 9.18 Å². The zero-order valence-electron chi connectivity index (χ0n) is 16.7. The smallest absolute Gasteiger partial charge is 0.289 e. The number of fused-ring (bicyclic) bond motifs is 1. The summed E-state index contributed by atoms with van der Waals surface area (Å²) in [6, 6.07) is 8.37. The Morgan fingerprint density at radius 2 is 2.14 bits per heavy atom. The average Bonchev–Trinajstić information content (AvgIpc) is 2.66. The molecule has 1 aromatic heterocycles. The van der Waals surface area contributed by atoms with Gasteiger partial charge in [-0.15, -0.1) is 0 Å². The van der Waals surface area contributed by atoms with Crippen molar-refractivity contribution in [1.29, 1.82) is 0 Å². The number of hydrogen-bond donors (Lipinski definition) is 1. The Bertz CT molecular complexity index is 935. The number of carbonyl (C=O) groups is 1. The predicted octanol–water partition coefficient (Wildman–Crippen LogP) is 4.40. The van der Waals surface area contributed by atoms with Gasteiger partial charge in [-0.25, -0.2) is 9.82 Å². The van der Waals surface area contributed by atoms with Crippen molar-refractivity contribution in [2.75, 3.05) is 11.4 Å². The van der Waals surface area contributed by atoms with Crippen LogP contribution in [0.2, 0.25) is 0 Å². The highest BCUT2D eigenvalue weighted by Crippen LogP contribution is 2.39. The summed E-state index contributed by atoms with van der Waals surface area (Å²) in [5, 5.41) is 3.90. The van der Waals surface area contributed by atoms with Crippen molar-refractivity contribution >= 4 is 23.4 Å². The Morgan fingerprint density at radius 1 is 1.36 bits per heavy atom. The average molecular weight is 380 g/mol. The van der Waals surface area contributed by atoms with Crippen LogP contribution in [0.3, 0.4) is 0 Å². The van der Waals surface area contributed by atoms with E-state index in [1.807, 2.05) is 6.92 Å². The second-order valence-electron chi connectivity index (χ2n) is 7.44. The number of aromatic nitrogens is 1. The number of allylic oxidation sites excluding steroid dienone is 1. The van der Waals surface area contributed by atoms with Gasteiger partial charge in [-0.05, 0) is 57.0 Å². The number of nitrogens with zero attached hydrogens (tertiary/aromatic N) is 3. The number of anilines is 1. The zero-order valence-corrected chi connectivity index (χ0v) is 16.7. The van der Waals surface area contributed by atoms with Crippen molar-refractivity contribution in [3.8, 4) is 0 Å². The van der Waals surface area contributed by atoms with Crippen LogP contribution in [0.1, 0.15) is 55.7 Å². The van der Waals surface area contributed by atoms with E-state index in [0.29, 0.717) is 5.56 Å². The van der Waals surface area contributed by atoms with Crippen LogP contribution in [0.15, 0.2) is 47.7 Å². The lowest BCUT2D eigenvalue weighted by Gasteiger charge is -2.43. The molecule has 0 unspecified atom stereocenters. The number of halogens is 1. The molecule has 2 aromatic rings. The third-order valence-electron chi connectivity index (χ3n) is 4.81. The molecule has 0 aliphatic carbocycles. The topological polar surface area (TPSA) is 57.6 Å². The predicted molar refractivity (Wildman–Crippen MR) is 111 cm³/mol. The van der Waals surface area contributed by atoms with Crippen LogP contribution in [0, 0.1) is 5.82 Å². The zero-order chi connectivity index (χ0) is 20.3. The van der Waals surface area contributed by atoms with Gasteiger partial charge in [-0.1, -0.05) is 19.1 Å². The minimum absolute atomic E-state index is 0.175. The first-order valence-corrected chi connectivity index (χ1v) is 9.39. The summed E-state index contributed by atoms with van der Waals surface area (Å²) >= 11 is 0. The van der Waals surface area contributed by atoms with E-state index in [1.165, 1.54) is 12.4 Å². The van der Waals surface area contributed by atoms with Gasteiger partial charge >= 0.3 is 0 Å². The maximum Gasteiger partial charge on any atom is 0.289 e. The molecule has 0 atom stereocenters. The first-order chi connectivity index (χ1) is 13.3.